The highest BCUT2D eigenvalue weighted by Crippen LogP contribution is 2.31. The Morgan fingerprint density at radius 1 is 1.24 bits per heavy atom. The van der Waals surface area contributed by atoms with Crippen LogP contribution in [0.15, 0.2) is 23.1 Å². The molecule has 5 nitrogen and oxygen atoms in total. The Morgan fingerprint density at radius 2 is 1.95 bits per heavy atom. The summed E-state index contributed by atoms with van der Waals surface area (Å²) in [6, 6.07) is 3.07. The summed E-state index contributed by atoms with van der Waals surface area (Å²) >= 11 is 11.8. The maximum atomic E-state index is 12.7. The predicted molar refractivity (Wildman–Crippen MR) is 80.2 cm³/mol. The fraction of sp³-hybridized carbons (Fsp3) is 0.462. The second-order valence-corrected chi connectivity index (χ2v) is 7.60. The molecule has 0 bridgehead atoms. The molecule has 116 valence electrons. The molecule has 1 unspecified atom stereocenters. The van der Waals surface area contributed by atoms with E-state index in [0.29, 0.717) is 19.3 Å². The lowest BCUT2D eigenvalue weighted by Gasteiger charge is -2.26. The van der Waals surface area contributed by atoms with Gasteiger partial charge in [0.2, 0.25) is 10.0 Å². The number of nitrogens with zero attached hydrogens (tertiary/aromatic N) is 1. The van der Waals surface area contributed by atoms with Gasteiger partial charge in [0.05, 0.1) is 5.02 Å². The minimum absolute atomic E-state index is 0.0350. The third kappa shape index (κ3) is 3.51. The molecule has 1 fully saturated rings. The molecule has 1 atom stereocenters. The van der Waals surface area contributed by atoms with Gasteiger partial charge in [-0.3, -0.25) is 4.79 Å². The Hall–Kier alpha value is -0.820. The van der Waals surface area contributed by atoms with E-state index in [-0.39, 0.29) is 21.5 Å². The Balaban J connectivity index is 2.49. The number of hydrogen-bond donors (Lipinski definition) is 1. The Kier molecular flexibility index (Phi) is 5.14. The molecular formula is C13H15Cl2NO4S. The van der Waals surface area contributed by atoms with E-state index in [1.807, 2.05) is 0 Å². The quantitative estimate of drug-likeness (QED) is 0.907. The number of benzene rings is 1. The van der Waals surface area contributed by atoms with Crippen molar-refractivity contribution in [2.45, 2.75) is 36.6 Å². The summed E-state index contributed by atoms with van der Waals surface area (Å²) in [6.45, 7) is 0.169. The summed E-state index contributed by atoms with van der Waals surface area (Å²) in [4.78, 5) is 11.2. The summed E-state index contributed by atoms with van der Waals surface area (Å²) in [5, 5.41) is 9.57. The van der Waals surface area contributed by atoms with Crippen LogP contribution in [0.2, 0.25) is 10.0 Å². The minimum Gasteiger partial charge on any atom is -0.480 e. The molecule has 0 spiro atoms. The lowest BCUT2D eigenvalue weighted by molar-refractivity contribution is -0.141. The zero-order chi connectivity index (χ0) is 15.6. The van der Waals surface area contributed by atoms with Crippen molar-refractivity contribution in [3.8, 4) is 0 Å². The second kappa shape index (κ2) is 6.52. The van der Waals surface area contributed by atoms with Gasteiger partial charge in [0.25, 0.3) is 0 Å². The van der Waals surface area contributed by atoms with Crippen LogP contribution in [0.4, 0.5) is 0 Å². The van der Waals surface area contributed by atoms with Crippen molar-refractivity contribution in [3.05, 3.63) is 28.2 Å². The van der Waals surface area contributed by atoms with Crippen LogP contribution >= 0.6 is 23.2 Å². The third-order valence-corrected chi connectivity index (χ3v) is 6.09. The lowest BCUT2D eigenvalue weighted by Crippen LogP contribution is -2.44. The minimum atomic E-state index is -4.00. The van der Waals surface area contributed by atoms with Gasteiger partial charge in [-0.15, -0.1) is 0 Å². The average Bonchev–Trinajstić information content (AvgIpc) is 2.67. The summed E-state index contributed by atoms with van der Waals surface area (Å²) < 4.78 is 26.5. The largest absolute Gasteiger partial charge is 0.480 e. The molecule has 0 aliphatic carbocycles. The van der Waals surface area contributed by atoms with Crippen LogP contribution < -0.4 is 0 Å². The van der Waals surface area contributed by atoms with E-state index in [9.17, 15) is 18.3 Å². The molecule has 0 radical (unpaired) electrons. The fourth-order valence-corrected chi connectivity index (χ4v) is 4.81. The van der Waals surface area contributed by atoms with E-state index in [2.05, 4.69) is 0 Å². The molecule has 1 aliphatic rings. The van der Waals surface area contributed by atoms with Crippen molar-refractivity contribution >= 4 is 39.2 Å². The highest BCUT2D eigenvalue weighted by Gasteiger charge is 2.37. The fourth-order valence-electron chi connectivity index (χ4n) is 2.42. The molecule has 1 heterocycles. The van der Waals surface area contributed by atoms with Crippen LogP contribution in [0.1, 0.15) is 25.7 Å². The number of sulfonamides is 1. The van der Waals surface area contributed by atoms with Crippen molar-refractivity contribution in [1.82, 2.24) is 4.31 Å². The van der Waals surface area contributed by atoms with Gasteiger partial charge in [-0.2, -0.15) is 4.31 Å². The number of carboxylic acids is 1. The SMILES string of the molecule is O=C(O)C1CCCCCN1S(=O)(=O)c1cc(Cl)ccc1Cl. The molecule has 0 saturated carbocycles. The molecule has 0 amide bonds. The first kappa shape index (κ1) is 16.5. The van der Waals surface area contributed by atoms with Crippen molar-refractivity contribution < 1.29 is 18.3 Å². The van der Waals surface area contributed by atoms with Gasteiger partial charge in [0.1, 0.15) is 10.9 Å². The number of aliphatic carboxylic acids is 1. The van der Waals surface area contributed by atoms with Gasteiger partial charge in [-0.05, 0) is 31.0 Å². The van der Waals surface area contributed by atoms with E-state index in [1.54, 1.807) is 0 Å². The molecule has 1 N–H and O–H groups in total. The predicted octanol–water partition coefficient (Wildman–Crippen LogP) is 3.01. The van der Waals surface area contributed by atoms with E-state index in [4.69, 9.17) is 23.2 Å². The topological polar surface area (TPSA) is 74.7 Å². The number of hydrogen-bond acceptors (Lipinski definition) is 3. The zero-order valence-corrected chi connectivity index (χ0v) is 13.5. The van der Waals surface area contributed by atoms with Crippen LogP contribution in [-0.2, 0) is 14.8 Å². The van der Waals surface area contributed by atoms with Crippen LogP contribution in [-0.4, -0.2) is 36.4 Å². The number of halogens is 2. The van der Waals surface area contributed by atoms with Gasteiger partial charge >= 0.3 is 5.97 Å². The number of carboxylic acid groups (broad SMARTS) is 1. The van der Waals surface area contributed by atoms with Gasteiger partial charge in [0.15, 0.2) is 0 Å². The van der Waals surface area contributed by atoms with Crippen LogP contribution in [0, 0.1) is 0 Å². The van der Waals surface area contributed by atoms with Crippen LogP contribution in [0.3, 0.4) is 0 Å². The Bertz CT molecular complexity index is 648. The van der Waals surface area contributed by atoms with E-state index in [0.717, 1.165) is 10.7 Å². The first-order valence-corrected chi connectivity index (χ1v) is 8.73. The molecule has 0 aromatic heterocycles. The molecule has 1 saturated heterocycles. The summed E-state index contributed by atoms with van der Waals surface area (Å²) in [5.41, 5.74) is 0. The maximum absolute atomic E-state index is 12.7. The van der Waals surface area contributed by atoms with Crippen LogP contribution in [0.25, 0.3) is 0 Å². The smallest absolute Gasteiger partial charge is 0.322 e. The van der Waals surface area contributed by atoms with Crippen molar-refractivity contribution in [3.63, 3.8) is 0 Å². The zero-order valence-electron chi connectivity index (χ0n) is 11.1. The van der Waals surface area contributed by atoms with Crippen molar-refractivity contribution in [1.29, 1.82) is 0 Å². The van der Waals surface area contributed by atoms with Gasteiger partial charge in [-0.1, -0.05) is 36.0 Å². The third-order valence-electron chi connectivity index (χ3n) is 3.47. The second-order valence-electron chi connectivity index (χ2n) is 4.89. The number of carbonyl (C=O) groups is 1. The van der Waals surface area contributed by atoms with Crippen molar-refractivity contribution in [2.24, 2.45) is 0 Å². The van der Waals surface area contributed by atoms with E-state index < -0.39 is 22.0 Å². The monoisotopic (exact) mass is 351 g/mol. The molecule has 8 heteroatoms. The summed E-state index contributed by atoms with van der Waals surface area (Å²) in [6.07, 6.45) is 2.42. The lowest BCUT2D eigenvalue weighted by atomic mass is 10.1. The molecular weight excluding hydrogens is 337 g/mol. The van der Waals surface area contributed by atoms with Gasteiger partial charge in [-0.25, -0.2) is 8.42 Å². The summed E-state index contributed by atoms with van der Waals surface area (Å²) in [5.74, 6) is -1.14. The summed E-state index contributed by atoms with van der Waals surface area (Å²) in [7, 11) is -4.00. The standard InChI is InChI=1S/C13H15Cl2NO4S/c14-9-5-6-10(15)12(8-9)21(19,20)16-7-3-1-2-4-11(16)13(17)18/h5-6,8,11H,1-4,7H2,(H,17,18). The highest BCUT2D eigenvalue weighted by atomic mass is 35.5. The number of rotatable bonds is 3. The first-order valence-electron chi connectivity index (χ1n) is 6.54. The molecule has 1 aromatic rings. The van der Waals surface area contributed by atoms with E-state index >= 15 is 0 Å². The highest BCUT2D eigenvalue weighted by molar-refractivity contribution is 7.89. The Labute approximate surface area is 133 Å². The molecule has 1 aromatic carbocycles. The molecule has 21 heavy (non-hydrogen) atoms. The normalized spacial score (nSPS) is 21.0. The maximum Gasteiger partial charge on any atom is 0.322 e. The van der Waals surface area contributed by atoms with Gasteiger partial charge < -0.3 is 5.11 Å². The Morgan fingerprint density at radius 3 is 2.62 bits per heavy atom. The van der Waals surface area contributed by atoms with Crippen LogP contribution in [0.5, 0.6) is 0 Å². The average molecular weight is 352 g/mol. The van der Waals surface area contributed by atoms with E-state index in [1.165, 1.54) is 18.2 Å². The van der Waals surface area contributed by atoms with Crippen molar-refractivity contribution in [2.75, 3.05) is 6.54 Å². The first-order chi connectivity index (χ1) is 9.84. The van der Waals surface area contributed by atoms with Gasteiger partial charge in [0, 0.05) is 11.6 Å². The molecule has 2 rings (SSSR count). The molecule has 1 aliphatic heterocycles.